The maximum atomic E-state index is 4.69. The molecule has 1 aromatic carbocycles. The third-order valence-electron chi connectivity index (χ3n) is 3.08. The van der Waals surface area contributed by atoms with E-state index in [0.29, 0.717) is 0 Å². The second-order valence-corrected chi connectivity index (χ2v) is 8.33. The zero-order chi connectivity index (χ0) is 14.6. The molecule has 0 atom stereocenters. The van der Waals surface area contributed by atoms with E-state index in [1.807, 2.05) is 17.8 Å². The van der Waals surface area contributed by atoms with Crippen molar-refractivity contribution in [3.05, 3.63) is 48.1 Å². The summed E-state index contributed by atoms with van der Waals surface area (Å²) in [5.41, 5.74) is 2.51. The lowest BCUT2D eigenvalue weighted by atomic mass is 10.1. The Morgan fingerprint density at radius 1 is 1.35 bits per heavy atom. The van der Waals surface area contributed by atoms with Crippen LogP contribution in [0, 0.1) is 0 Å². The number of hydrogen-bond acceptors (Lipinski definition) is 3. The van der Waals surface area contributed by atoms with Gasteiger partial charge in [0.15, 0.2) is 4.34 Å². The minimum Gasteiger partial charge on any atom is -0.230 e. The summed E-state index contributed by atoms with van der Waals surface area (Å²) in [6, 6.07) is 8.32. The van der Waals surface area contributed by atoms with Crippen molar-refractivity contribution in [1.82, 2.24) is 4.98 Å². The first-order valence-electron chi connectivity index (χ1n) is 6.84. The van der Waals surface area contributed by atoms with Gasteiger partial charge in [-0.1, -0.05) is 47.7 Å². The third-order valence-corrected chi connectivity index (χ3v) is 5.34. The third kappa shape index (κ3) is 4.22. The van der Waals surface area contributed by atoms with Crippen molar-refractivity contribution >= 4 is 33.3 Å². The largest absolute Gasteiger partial charge is 0.230 e. The van der Waals surface area contributed by atoms with Crippen LogP contribution in [-0.4, -0.2) is 9.73 Å². The first-order valence-corrected chi connectivity index (χ1v) is 8.47. The zero-order valence-corrected chi connectivity index (χ0v) is 14.1. The molecule has 0 radical (unpaired) electrons. The molecule has 2 rings (SSSR count). The molecule has 0 saturated carbocycles. The van der Waals surface area contributed by atoms with Gasteiger partial charge in [-0.15, -0.1) is 11.3 Å². The van der Waals surface area contributed by atoms with Gasteiger partial charge in [0.05, 0.1) is 10.2 Å². The van der Waals surface area contributed by atoms with Gasteiger partial charge < -0.3 is 0 Å². The molecule has 0 aliphatic heterocycles. The Kier molecular flexibility index (Phi) is 5.06. The Hall–Kier alpha value is -1.06. The van der Waals surface area contributed by atoms with Gasteiger partial charge in [-0.25, -0.2) is 4.98 Å². The summed E-state index contributed by atoms with van der Waals surface area (Å²) in [5, 5.41) is 0. The number of fused-ring (bicyclic) bond motifs is 1. The summed E-state index contributed by atoms with van der Waals surface area (Å²) < 4.78 is 2.48. The van der Waals surface area contributed by atoms with Gasteiger partial charge in [-0.05, 0) is 46.2 Å². The van der Waals surface area contributed by atoms with Crippen molar-refractivity contribution in [2.75, 3.05) is 0 Å². The smallest absolute Gasteiger partial charge is 0.151 e. The molecule has 1 nitrogen and oxygen atoms in total. The van der Waals surface area contributed by atoms with Gasteiger partial charge >= 0.3 is 0 Å². The van der Waals surface area contributed by atoms with Crippen LogP contribution in [0.3, 0.4) is 0 Å². The van der Waals surface area contributed by atoms with Gasteiger partial charge in [0, 0.05) is 4.75 Å². The minimum atomic E-state index is 0.0713. The Morgan fingerprint density at radius 2 is 2.10 bits per heavy atom. The maximum Gasteiger partial charge on any atom is 0.151 e. The normalized spacial score (nSPS) is 13.5. The molecule has 0 bridgehead atoms. The molecule has 1 aromatic heterocycles. The molecular formula is C17H21NS2. The van der Waals surface area contributed by atoms with Crippen LogP contribution in [0.5, 0.6) is 0 Å². The Bertz CT molecular complexity index is 602. The number of para-hydroxylation sites is 1. The summed E-state index contributed by atoms with van der Waals surface area (Å²) in [6.07, 6.45) is 7.74. The van der Waals surface area contributed by atoms with E-state index in [2.05, 4.69) is 64.1 Å². The zero-order valence-electron chi connectivity index (χ0n) is 12.5. The number of thioether (sulfide) groups is 1. The van der Waals surface area contributed by atoms with E-state index in [1.165, 1.54) is 10.3 Å². The number of nitrogens with zero attached hydrogens (tertiary/aromatic N) is 1. The van der Waals surface area contributed by atoms with Crippen LogP contribution in [0.4, 0.5) is 0 Å². The number of rotatable bonds is 5. The van der Waals surface area contributed by atoms with Crippen LogP contribution >= 0.6 is 23.1 Å². The second kappa shape index (κ2) is 6.59. The highest BCUT2D eigenvalue weighted by Crippen LogP contribution is 2.38. The van der Waals surface area contributed by atoms with E-state index in [4.69, 9.17) is 4.98 Å². The van der Waals surface area contributed by atoms with Crippen molar-refractivity contribution < 1.29 is 0 Å². The summed E-state index contributed by atoms with van der Waals surface area (Å²) in [6.45, 7) is 8.73. The predicted molar refractivity (Wildman–Crippen MR) is 92.7 cm³/mol. The number of thiazole rings is 1. The highest BCUT2D eigenvalue weighted by atomic mass is 32.2. The monoisotopic (exact) mass is 303 g/mol. The summed E-state index contributed by atoms with van der Waals surface area (Å²) in [7, 11) is 0. The molecule has 0 N–H and O–H groups in total. The van der Waals surface area contributed by atoms with Crippen LogP contribution in [0.2, 0.25) is 0 Å². The number of aromatic nitrogens is 1. The SMILES string of the molecule is CC=C(C)CC=CC(C)(C)Sc1nc2ccccc2s1. The number of hydrogen-bond donors (Lipinski definition) is 0. The fraction of sp³-hybridized carbons (Fsp3) is 0.353. The first-order chi connectivity index (χ1) is 9.50. The quantitative estimate of drug-likeness (QED) is 0.490. The van der Waals surface area contributed by atoms with Gasteiger partial charge in [-0.3, -0.25) is 0 Å². The van der Waals surface area contributed by atoms with E-state index in [0.717, 1.165) is 16.3 Å². The van der Waals surface area contributed by atoms with Gasteiger partial charge in [0.1, 0.15) is 0 Å². The molecule has 3 heteroatoms. The molecular weight excluding hydrogens is 282 g/mol. The molecule has 0 fully saturated rings. The van der Waals surface area contributed by atoms with E-state index in [1.54, 1.807) is 11.3 Å². The van der Waals surface area contributed by atoms with Gasteiger partial charge in [0.2, 0.25) is 0 Å². The molecule has 0 spiro atoms. The van der Waals surface area contributed by atoms with E-state index in [9.17, 15) is 0 Å². The fourth-order valence-electron chi connectivity index (χ4n) is 1.80. The van der Waals surface area contributed by atoms with Crippen LogP contribution in [0.15, 0.2) is 52.4 Å². The molecule has 0 unspecified atom stereocenters. The summed E-state index contributed by atoms with van der Waals surface area (Å²) in [4.78, 5) is 4.69. The van der Waals surface area contributed by atoms with E-state index >= 15 is 0 Å². The predicted octanol–water partition coefficient (Wildman–Crippen LogP) is 6.08. The number of benzene rings is 1. The highest BCUT2D eigenvalue weighted by molar-refractivity contribution is 8.02. The molecule has 0 aliphatic rings. The second-order valence-electron chi connectivity index (χ2n) is 5.39. The average molecular weight is 303 g/mol. The van der Waals surface area contributed by atoms with Crippen molar-refractivity contribution in [1.29, 1.82) is 0 Å². The first kappa shape index (κ1) is 15.3. The van der Waals surface area contributed by atoms with Crippen molar-refractivity contribution in [3.63, 3.8) is 0 Å². The van der Waals surface area contributed by atoms with E-state index in [-0.39, 0.29) is 4.75 Å². The highest BCUT2D eigenvalue weighted by Gasteiger charge is 2.18. The van der Waals surface area contributed by atoms with Crippen LogP contribution in [0.25, 0.3) is 10.2 Å². The number of allylic oxidation sites excluding steroid dienone is 3. The lowest BCUT2D eigenvalue weighted by molar-refractivity contribution is 0.890. The van der Waals surface area contributed by atoms with Gasteiger partial charge in [0.25, 0.3) is 0 Å². The van der Waals surface area contributed by atoms with Crippen molar-refractivity contribution in [2.45, 2.75) is 43.2 Å². The molecule has 0 amide bonds. The maximum absolute atomic E-state index is 4.69. The fourth-order valence-corrected chi connectivity index (χ4v) is 4.34. The molecule has 1 heterocycles. The Balaban J connectivity index is 2.07. The standard InChI is InChI=1S/C17H21NS2/c1-5-13(2)9-8-12-17(3,4)20-16-18-14-10-6-7-11-15(14)19-16/h5-8,10-12H,9H2,1-4H3. The molecule has 20 heavy (non-hydrogen) atoms. The van der Waals surface area contributed by atoms with Crippen LogP contribution in [-0.2, 0) is 0 Å². The van der Waals surface area contributed by atoms with E-state index < -0.39 is 0 Å². The molecule has 2 aromatic rings. The topological polar surface area (TPSA) is 12.9 Å². The van der Waals surface area contributed by atoms with Crippen LogP contribution < -0.4 is 0 Å². The van der Waals surface area contributed by atoms with Crippen molar-refractivity contribution in [3.8, 4) is 0 Å². The van der Waals surface area contributed by atoms with Crippen LogP contribution in [0.1, 0.15) is 34.1 Å². The summed E-state index contributed by atoms with van der Waals surface area (Å²) >= 11 is 3.61. The Morgan fingerprint density at radius 3 is 2.80 bits per heavy atom. The molecule has 106 valence electrons. The lowest BCUT2D eigenvalue weighted by Gasteiger charge is -2.17. The summed E-state index contributed by atoms with van der Waals surface area (Å²) in [5.74, 6) is 0. The lowest BCUT2D eigenvalue weighted by Crippen LogP contribution is -2.09. The Labute approximate surface area is 129 Å². The van der Waals surface area contributed by atoms with Gasteiger partial charge in [-0.2, -0.15) is 0 Å². The average Bonchev–Trinajstić information content (AvgIpc) is 2.79. The minimum absolute atomic E-state index is 0.0713. The molecule has 0 aliphatic carbocycles. The molecule has 0 saturated heterocycles. The van der Waals surface area contributed by atoms with Crippen molar-refractivity contribution in [2.24, 2.45) is 0 Å².